The first-order valence-electron chi connectivity index (χ1n) is 9.36. The van der Waals surface area contributed by atoms with Crippen LogP contribution in [-0.4, -0.2) is 49.9 Å². The monoisotopic (exact) mass is 436 g/mol. The number of benzene rings is 1. The third-order valence-corrected chi connectivity index (χ3v) is 5.49. The topological polar surface area (TPSA) is 89.9 Å². The number of amides is 1. The Morgan fingerprint density at radius 1 is 1.28 bits per heavy atom. The van der Waals surface area contributed by atoms with Crippen LogP contribution in [0, 0.1) is 12.8 Å². The molecule has 1 saturated heterocycles. The van der Waals surface area contributed by atoms with Crippen LogP contribution in [0.25, 0.3) is 16.5 Å². The maximum atomic E-state index is 13.1. The Morgan fingerprint density at radius 3 is 2.83 bits per heavy atom. The first kappa shape index (κ1) is 23.1. The summed E-state index contributed by atoms with van der Waals surface area (Å²) in [5, 5.41) is 10.6. The summed E-state index contributed by atoms with van der Waals surface area (Å²) in [6, 6.07) is 7.95. The molecule has 0 aliphatic carbocycles. The number of piperidine rings is 1. The van der Waals surface area contributed by atoms with Crippen molar-refractivity contribution in [2.45, 2.75) is 32.7 Å². The molecule has 0 radical (unpaired) electrons. The van der Waals surface area contributed by atoms with Crippen molar-refractivity contribution in [3.8, 4) is 5.69 Å². The summed E-state index contributed by atoms with van der Waals surface area (Å²) in [7, 11) is 0. The van der Waals surface area contributed by atoms with Gasteiger partial charge in [-0.3, -0.25) is 9.78 Å². The molecule has 2 aromatic heterocycles. The van der Waals surface area contributed by atoms with Crippen LogP contribution < -0.4 is 5.73 Å². The number of carbonyl (C=O) groups is 1. The summed E-state index contributed by atoms with van der Waals surface area (Å²) in [4.78, 5) is 19.2. The highest BCUT2D eigenvalue weighted by Gasteiger charge is 2.32. The van der Waals surface area contributed by atoms with Gasteiger partial charge in [-0.05, 0) is 37.8 Å². The molecule has 9 heteroatoms. The quantitative estimate of drug-likeness (QED) is 0.680. The van der Waals surface area contributed by atoms with E-state index in [1.54, 1.807) is 10.9 Å². The maximum absolute atomic E-state index is 13.1. The second-order valence-corrected chi connectivity index (χ2v) is 7.33. The fourth-order valence-corrected chi connectivity index (χ4v) is 3.92. The molecule has 2 atom stereocenters. The van der Waals surface area contributed by atoms with Gasteiger partial charge in [-0.25, -0.2) is 4.68 Å². The molecule has 3 aromatic rings. The van der Waals surface area contributed by atoms with Gasteiger partial charge in [0, 0.05) is 42.3 Å². The zero-order chi connectivity index (χ0) is 19.0. The number of aromatic nitrogens is 4. The molecule has 1 amide bonds. The van der Waals surface area contributed by atoms with Crippen molar-refractivity contribution in [1.29, 1.82) is 0 Å². The van der Waals surface area contributed by atoms with E-state index in [4.69, 9.17) is 5.73 Å². The van der Waals surface area contributed by atoms with Gasteiger partial charge in [-0.15, -0.1) is 29.9 Å². The Bertz CT molecular complexity index is 987. The molecule has 0 bridgehead atoms. The van der Waals surface area contributed by atoms with Crippen LogP contribution >= 0.6 is 24.8 Å². The number of pyridine rings is 1. The van der Waals surface area contributed by atoms with Crippen LogP contribution in [0.5, 0.6) is 0 Å². The number of likely N-dealkylation sites (tertiary alicyclic amines) is 1. The van der Waals surface area contributed by atoms with Crippen LogP contribution in [0.3, 0.4) is 0 Å². The Morgan fingerprint density at radius 2 is 2.07 bits per heavy atom. The smallest absolute Gasteiger partial charge is 0.276 e. The van der Waals surface area contributed by atoms with Gasteiger partial charge < -0.3 is 10.6 Å². The lowest BCUT2D eigenvalue weighted by atomic mass is 9.92. The summed E-state index contributed by atoms with van der Waals surface area (Å²) in [6.07, 6.45) is 5.50. The highest BCUT2D eigenvalue weighted by molar-refractivity contribution is 5.94. The van der Waals surface area contributed by atoms with Crippen molar-refractivity contribution >= 4 is 41.5 Å². The van der Waals surface area contributed by atoms with Crippen molar-refractivity contribution in [3.63, 3.8) is 0 Å². The molecule has 3 heterocycles. The third-order valence-electron chi connectivity index (χ3n) is 5.49. The van der Waals surface area contributed by atoms with Crippen LogP contribution in [0.4, 0.5) is 0 Å². The maximum Gasteiger partial charge on any atom is 0.276 e. The molecular weight excluding hydrogens is 411 g/mol. The zero-order valence-electron chi connectivity index (χ0n) is 16.5. The van der Waals surface area contributed by atoms with E-state index in [1.165, 1.54) is 0 Å². The molecule has 2 unspecified atom stereocenters. The molecule has 1 aliphatic heterocycles. The molecule has 2 N–H and O–H groups in total. The Balaban J connectivity index is 0.00000150. The molecule has 1 aliphatic rings. The normalized spacial score (nSPS) is 18.8. The van der Waals surface area contributed by atoms with Crippen molar-refractivity contribution in [3.05, 3.63) is 48.0 Å². The lowest BCUT2D eigenvalue weighted by Gasteiger charge is -2.37. The van der Waals surface area contributed by atoms with Crippen LogP contribution in [0.2, 0.25) is 0 Å². The number of halogens is 2. The molecule has 0 saturated carbocycles. The van der Waals surface area contributed by atoms with Crippen molar-refractivity contribution in [1.82, 2.24) is 24.9 Å². The van der Waals surface area contributed by atoms with Crippen LogP contribution in [0.1, 0.15) is 35.9 Å². The SMILES string of the molecule is Cc1c(C(=O)N2CCC(C)CC2CN)nnn1-c1cccc2cnccc12.Cl.Cl. The molecule has 0 spiro atoms. The zero-order valence-corrected chi connectivity index (χ0v) is 18.1. The number of hydrogen-bond acceptors (Lipinski definition) is 5. The second-order valence-electron chi connectivity index (χ2n) is 7.33. The van der Waals surface area contributed by atoms with E-state index in [0.717, 1.165) is 35.0 Å². The van der Waals surface area contributed by atoms with E-state index < -0.39 is 0 Å². The molecule has 156 valence electrons. The molecular formula is C20H26Cl2N6O. The molecule has 1 fully saturated rings. The van der Waals surface area contributed by atoms with Gasteiger partial charge in [0.15, 0.2) is 5.69 Å². The fourth-order valence-electron chi connectivity index (χ4n) is 3.92. The average molecular weight is 437 g/mol. The predicted octanol–water partition coefficient (Wildman–Crippen LogP) is 3.17. The van der Waals surface area contributed by atoms with Crippen LogP contribution in [0.15, 0.2) is 36.7 Å². The number of rotatable bonds is 3. The summed E-state index contributed by atoms with van der Waals surface area (Å²) in [5.41, 5.74) is 7.95. The molecule has 29 heavy (non-hydrogen) atoms. The lowest BCUT2D eigenvalue weighted by Crippen LogP contribution is -2.49. The highest BCUT2D eigenvalue weighted by Crippen LogP contribution is 2.26. The van der Waals surface area contributed by atoms with E-state index >= 15 is 0 Å². The number of nitrogens with two attached hydrogens (primary N) is 1. The number of fused-ring (bicyclic) bond motifs is 1. The summed E-state index contributed by atoms with van der Waals surface area (Å²) >= 11 is 0. The lowest BCUT2D eigenvalue weighted by molar-refractivity contribution is 0.0566. The number of nitrogens with zero attached hydrogens (tertiary/aromatic N) is 5. The average Bonchev–Trinajstić information content (AvgIpc) is 3.08. The minimum Gasteiger partial charge on any atom is -0.333 e. The highest BCUT2D eigenvalue weighted by atomic mass is 35.5. The minimum atomic E-state index is -0.0806. The fraction of sp³-hybridized carbons (Fsp3) is 0.400. The van der Waals surface area contributed by atoms with Crippen molar-refractivity contribution in [2.24, 2.45) is 11.7 Å². The van der Waals surface area contributed by atoms with Gasteiger partial charge in [-0.1, -0.05) is 24.3 Å². The number of hydrogen-bond donors (Lipinski definition) is 1. The van der Waals surface area contributed by atoms with E-state index in [9.17, 15) is 4.79 Å². The van der Waals surface area contributed by atoms with Gasteiger partial charge in [0.25, 0.3) is 5.91 Å². The third kappa shape index (κ3) is 4.22. The predicted molar refractivity (Wildman–Crippen MR) is 118 cm³/mol. The van der Waals surface area contributed by atoms with Gasteiger partial charge in [0.1, 0.15) is 0 Å². The van der Waals surface area contributed by atoms with Gasteiger partial charge >= 0.3 is 0 Å². The second kappa shape index (κ2) is 9.52. The van der Waals surface area contributed by atoms with Crippen molar-refractivity contribution < 1.29 is 4.79 Å². The number of carbonyl (C=O) groups excluding carboxylic acids is 1. The Hall–Kier alpha value is -2.22. The Kier molecular flexibility index (Phi) is 7.57. The first-order chi connectivity index (χ1) is 13.1. The van der Waals surface area contributed by atoms with E-state index in [-0.39, 0.29) is 36.8 Å². The standard InChI is InChI=1S/C20H24N6O.2ClH/c1-13-7-9-25(16(10-13)11-21)20(27)19-14(2)26(24-23-19)18-5-3-4-15-12-22-8-6-17(15)18;;/h3-6,8,12-13,16H,7,9-11,21H2,1-2H3;2*1H. The van der Waals surface area contributed by atoms with Gasteiger partial charge in [-0.2, -0.15) is 0 Å². The molecule has 7 nitrogen and oxygen atoms in total. The molecule has 1 aromatic carbocycles. The molecule has 4 rings (SSSR count). The summed E-state index contributed by atoms with van der Waals surface area (Å²) in [6.45, 7) is 5.28. The van der Waals surface area contributed by atoms with E-state index in [1.807, 2.05) is 42.3 Å². The largest absolute Gasteiger partial charge is 0.333 e. The van der Waals surface area contributed by atoms with Crippen LogP contribution in [-0.2, 0) is 0 Å². The minimum absolute atomic E-state index is 0. The van der Waals surface area contributed by atoms with Gasteiger partial charge in [0.2, 0.25) is 0 Å². The van der Waals surface area contributed by atoms with E-state index in [0.29, 0.717) is 24.7 Å². The summed E-state index contributed by atoms with van der Waals surface area (Å²) < 4.78 is 1.74. The van der Waals surface area contributed by atoms with Crippen molar-refractivity contribution in [2.75, 3.05) is 13.1 Å². The summed E-state index contributed by atoms with van der Waals surface area (Å²) in [5.74, 6) is 0.506. The Labute approximate surface area is 182 Å². The van der Waals surface area contributed by atoms with E-state index in [2.05, 4.69) is 22.2 Å². The van der Waals surface area contributed by atoms with Gasteiger partial charge in [0.05, 0.1) is 11.4 Å². The first-order valence-corrected chi connectivity index (χ1v) is 9.36.